The number of carbonyl (C=O) groups is 1. The molecule has 1 aliphatic rings. The summed E-state index contributed by atoms with van der Waals surface area (Å²) in [5.74, 6) is -2.78. The van der Waals surface area contributed by atoms with Gasteiger partial charge in [0.1, 0.15) is 0 Å². The molecule has 0 aromatic carbocycles. The predicted molar refractivity (Wildman–Crippen MR) is 53.6 cm³/mol. The van der Waals surface area contributed by atoms with E-state index in [0.29, 0.717) is 0 Å². The minimum Gasteiger partial charge on any atom is -0.341 e. The van der Waals surface area contributed by atoms with Crippen molar-refractivity contribution in [2.45, 2.75) is 38.7 Å². The van der Waals surface area contributed by atoms with Gasteiger partial charge < -0.3 is 10.6 Å². The zero-order valence-electron chi connectivity index (χ0n) is 9.17. The lowest BCUT2D eigenvalue weighted by atomic mass is 10.0. The first kappa shape index (κ1) is 12.4. The van der Waals surface area contributed by atoms with Crippen LogP contribution in [0.1, 0.15) is 26.7 Å². The molecule has 1 saturated heterocycles. The van der Waals surface area contributed by atoms with E-state index in [9.17, 15) is 13.6 Å². The van der Waals surface area contributed by atoms with Crippen LogP contribution in [0.5, 0.6) is 0 Å². The van der Waals surface area contributed by atoms with Gasteiger partial charge in [-0.3, -0.25) is 4.79 Å². The van der Waals surface area contributed by atoms with Crippen molar-refractivity contribution in [3.63, 3.8) is 0 Å². The molecule has 0 aromatic heterocycles. The third-order valence-electron chi connectivity index (χ3n) is 2.81. The molecule has 88 valence electrons. The first-order valence-corrected chi connectivity index (χ1v) is 5.26. The van der Waals surface area contributed by atoms with Gasteiger partial charge >= 0.3 is 0 Å². The fraction of sp³-hybridized carbons (Fsp3) is 0.900. The Kier molecular flexibility index (Phi) is 3.65. The first-order chi connectivity index (χ1) is 6.83. The Bertz CT molecular complexity index is 234. The van der Waals surface area contributed by atoms with Crippen LogP contribution in [0, 0.1) is 5.92 Å². The number of halogens is 2. The molecule has 1 heterocycles. The SMILES string of the molecule is CC(C)[C@H](N)C(=O)N1CCC(F)(F)CC1. The molecule has 0 spiro atoms. The summed E-state index contributed by atoms with van der Waals surface area (Å²) >= 11 is 0. The smallest absolute Gasteiger partial charge is 0.251 e. The molecule has 1 fully saturated rings. The second-order valence-electron chi connectivity index (χ2n) is 4.45. The van der Waals surface area contributed by atoms with E-state index in [1.54, 1.807) is 0 Å². The average Bonchev–Trinajstić information content (AvgIpc) is 2.15. The van der Waals surface area contributed by atoms with Gasteiger partial charge in [-0.1, -0.05) is 13.8 Å². The Morgan fingerprint density at radius 2 is 1.80 bits per heavy atom. The monoisotopic (exact) mass is 220 g/mol. The van der Waals surface area contributed by atoms with Crippen LogP contribution in [-0.4, -0.2) is 35.9 Å². The Balaban J connectivity index is 2.50. The molecule has 3 nitrogen and oxygen atoms in total. The van der Waals surface area contributed by atoms with Gasteiger partial charge in [-0.15, -0.1) is 0 Å². The maximum absolute atomic E-state index is 12.8. The topological polar surface area (TPSA) is 46.3 Å². The van der Waals surface area contributed by atoms with E-state index in [4.69, 9.17) is 5.73 Å². The van der Waals surface area contributed by atoms with E-state index in [1.165, 1.54) is 4.90 Å². The number of carbonyl (C=O) groups excluding carboxylic acids is 1. The van der Waals surface area contributed by atoms with Gasteiger partial charge in [0.05, 0.1) is 6.04 Å². The Morgan fingerprint density at radius 1 is 1.33 bits per heavy atom. The molecule has 0 aromatic rings. The van der Waals surface area contributed by atoms with Crippen molar-refractivity contribution in [1.82, 2.24) is 4.90 Å². The van der Waals surface area contributed by atoms with Gasteiger partial charge in [0, 0.05) is 25.9 Å². The number of amides is 1. The predicted octanol–water partition coefficient (Wildman–Crippen LogP) is 1.23. The van der Waals surface area contributed by atoms with Crippen LogP contribution in [0.15, 0.2) is 0 Å². The molecule has 0 radical (unpaired) electrons. The van der Waals surface area contributed by atoms with E-state index in [0.717, 1.165) is 0 Å². The minimum absolute atomic E-state index is 0.0416. The normalized spacial score (nSPS) is 22.9. The first-order valence-electron chi connectivity index (χ1n) is 5.26. The summed E-state index contributed by atoms with van der Waals surface area (Å²) in [7, 11) is 0. The molecule has 5 heteroatoms. The molecule has 1 atom stereocenters. The maximum atomic E-state index is 12.8. The van der Waals surface area contributed by atoms with Gasteiger partial charge in [0.15, 0.2) is 0 Å². The summed E-state index contributed by atoms with van der Waals surface area (Å²) in [6.07, 6.45) is -0.493. The van der Waals surface area contributed by atoms with Crippen LogP contribution in [0.3, 0.4) is 0 Å². The number of likely N-dealkylation sites (tertiary alicyclic amines) is 1. The fourth-order valence-electron chi connectivity index (χ4n) is 1.55. The summed E-state index contributed by atoms with van der Waals surface area (Å²) in [5.41, 5.74) is 5.68. The summed E-state index contributed by atoms with van der Waals surface area (Å²) in [5, 5.41) is 0. The molecule has 0 aliphatic carbocycles. The van der Waals surface area contributed by atoms with Crippen LogP contribution >= 0.6 is 0 Å². The number of hydrogen-bond acceptors (Lipinski definition) is 2. The zero-order chi connectivity index (χ0) is 11.6. The van der Waals surface area contributed by atoms with Crippen LogP contribution in [-0.2, 0) is 4.79 Å². The van der Waals surface area contributed by atoms with E-state index in [1.807, 2.05) is 13.8 Å². The number of alkyl halides is 2. The highest BCUT2D eigenvalue weighted by atomic mass is 19.3. The molecule has 1 aliphatic heterocycles. The van der Waals surface area contributed by atoms with Crippen molar-refractivity contribution < 1.29 is 13.6 Å². The minimum atomic E-state index is -2.61. The number of rotatable bonds is 2. The molecule has 0 saturated carbocycles. The van der Waals surface area contributed by atoms with Crippen molar-refractivity contribution in [3.8, 4) is 0 Å². The van der Waals surface area contributed by atoms with Crippen molar-refractivity contribution in [1.29, 1.82) is 0 Å². The number of hydrogen-bond donors (Lipinski definition) is 1. The van der Waals surface area contributed by atoms with Gasteiger partial charge in [0.25, 0.3) is 5.92 Å². The average molecular weight is 220 g/mol. The largest absolute Gasteiger partial charge is 0.341 e. The van der Waals surface area contributed by atoms with E-state index in [-0.39, 0.29) is 37.8 Å². The van der Waals surface area contributed by atoms with Gasteiger partial charge in [0.2, 0.25) is 5.91 Å². The molecular formula is C10H18F2N2O. The molecule has 1 amide bonds. The Hall–Kier alpha value is -0.710. The van der Waals surface area contributed by atoms with Crippen LogP contribution in [0.4, 0.5) is 8.78 Å². The number of nitrogens with two attached hydrogens (primary N) is 1. The molecule has 0 unspecified atom stereocenters. The van der Waals surface area contributed by atoms with E-state index in [2.05, 4.69) is 0 Å². The molecule has 0 bridgehead atoms. The number of piperidine rings is 1. The molecule has 2 N–H and O–H groups in total. The van der Waals surface area contributed by atoms with E-state index >= 15 is 0 Å². The van der Waals surface area contributed by atoms with Crippen LogP contribution in [0.25, 0.3) is 0 Å². The third kappa shape index (κ3) is 3.12. The van der Waals surface area contributed by atoms with Crippen molar-refractivity contribution in [3.05, 3.63) is 0 Å². The highest BCUT2D eigenvalue weighted by Crippen LogP contribution is 2.27. The maximum Gasteiger partial charge on any atom is 0.251 e. The van der Waals surface area contributed by atoms with Crippen molar-refractivity contribution in [2.75, 3.05) is 13.1 Å². The number of nitrogens with zero attached hydrogens (tertiary/aromatic N) is 1. The lowest BCUT2D eigenvalue weighted by molar-refractivity contribution is -0.139. The lowest BCUT2D eigenvalue weighted by Gasteiger charge is -2.34. The standard InChI is InChI=1S/C10H18F2N2O/c1-7(2)8(13)9(15)14-5-3-10(11,12)4-6-14/h7-8H,3-6,13H2,1-2H3/t8-/m0/s1. The Morgan fingerprint density at radius 3 is 2.20 bits per heavy atom. The summed E-state index contributed by atoms with van der Waals surface area (Å²) in [4.78, 5) is 13.2. The van der Waals surface area contributed by atoms with Crippen LogP contribution in [0.2, 0.25) is 0 Å². The molecule has 1 rings (SSSR count). The summed E-state index contributed by atoms with van der Waals surface area (Å²) in [6.45, 7) is 3.93. The zero-order valence-corrected chi connectivity index (χ0v) is 9.17. The van der Waals surface area contributed by atoms with Gasteiger partial charge in [-0.2, -0.15) is 0 Å². The Labute approximate surface area is 88.6 Å². The van der Waals surface area contributed by atoms with Crippen molar-refractivity contribution in [2.24, 2.45) is 11.7 Å². The van der Waals surface area contributed by atoms with Gasteiger partial charge in [-0.25, -0.2) is 8.78 Å². The fourth-order valence-corrected chi connectivity index (χ4v) is 1.55. The second kappa shape index (κ2) is 4.43. The van der Waals surface area contributed by atoms with Crippen LogP contribution < -0.4 is 5.73 Å². The second-order valence-corrected chi connectivity index (χ2v) is 4.45. The van der Waals surface area contributed by atoms with Crippen molar-refractivity contribution >= 4 is 5.91 Å². The summed E-state index contributed by atoms with van der Waals surface area (Å²) < 4.78 is 25.7. The van der Waals surface area contributed by atoms with E-state index < -0.39 is 12.0 Å². The third-order valence-corrected chi connectivity index (χ3v) is 2.81. The highest BCUT2D eigenvalue weighted by molar-refractivity contribution is 5.82. The summed E-state index contributed by atoms with van der Waals surface area (Å²) in [6, 6.07) is -0.572. The molecule has 15 heavy (non-hydrogen) atoms. The van der Waals surface area contributed by atoms with Gasteiger partial charge in [-0.05, 0) is 5.92 Å². The quantitative estimate of drug-likeness (QED) is 0.760. The molecular weight excluding hydrogens is 202 g/mol. The lowest BCUT2D eigenvalue weighted by Crippen LogP contribution is -2.51. The highest BCUT2D eigenvalue weighted by Gasteiger charge is 2.36.